The van der Waals surface area contributed by atoms with Crippen LogP contribution in [0.2, 0.25) is 0 Å². The summed E-state index contributed by atoms with van der Waals surface area (Å²) in [7, 11) is 1.68. The lowest BCUT2D eigenvalue weighted by atomic mass is 9.97. The summed E-state index contributed by atoms with van der Waals surface area (Å²) < 4.78 is 40.1. The van der Waals surface area contributed by atoms with Crippen LogP contribution >= 0.6 is 27.3 Å². The SMILES string of the molecule is CNC(Cc1cc(Br)cs1)c1ccccc1C(F)(F)F. The number of alkyl halides is 3. The first kappa shape index (κ1) is 15.5. The topological polar surface area (TPSA) is 12.0 Å². The molecule has 0 fully saturated rings. The minimum atomic E-state index is -4.33. The third-order valence-corrected chi connectivity index (χ3v) is 4.74. The van der Waals surface area contributed by atoms with Crippen LogP contribution < -0.4 is 5.32 Å². The summed E-state index contributed by atoms with van der Waals surface area (Å²) in [6.45, 7) is 0. The average molecular weight is 364 g/mol. The summed E-state index contributed by atoms with van der Waals surface area (Å²) in [6.07, 6.45) is -3.80. The van der Waals surface area contributed by atoms with Gasteiger partial charge in [-0.2, -0.15) is 13.2 Å². The van der Waals surface area contributed by atoms with E-state index in [0.29, 0.717) is 6.42 Å². The summed E-state index contributed by atoms with van der Waals surface area (Å²) in [6, 6.07) is 7.29. The fraction of sp³-hybridized carbons (Fsp3) is 0.286. The van der Waals surface area contributed by atoms with E-state index < -0.39 is 11.7 Å². The molecule has 1 atom stereocenters. The molecule has 1 aromatic heterocycles. The van der Waals surface area contributed by atoms with Gasteiger partial charge in [0.25, 0.3) is 0 Å². The number of likely N-dealkylation sites (N-methyl/N-ethyl adjacent to an activating group) is 1. The van der Waals surface area contributed by atoms with Crippen molar-refractivity contribution in [1.29, 1.82) is 0 Å². The Hall–Kier alpha value is -0.850. The number of nitrogens with one attached hydrogen (secondary N) is 1. The molecule has 1 N–H and O–H groups in total. The molecular weight excluding hydrogens is 351 g/mol. The molecule has 2 aromatic rings. The average Bonchev–Trinajstić information content (AvgIpc) is 2.80. The molecule has 0 aliphatic heterocycles. The van der Waals surface area contributed by atoms with Gasteiger partial charge in [-0.25, -0.2) is 0 Å². The standard InChI is InChI=1S/C14H13BrF3NS/c1-19-13(7-10-6-9(15)8-20-10)11-4-2-3-5-12(11)14(16,17)18/h2-6,8,13,19H,7H2,1H3. The molecule has 6 heteroatoms. The molecule has 0 aliphatic rings. The van der Waals surface area contributed by atoms with Gasteiger partial charge in [-0.05, 0) is 40.7 Å². The zero-order valence-electron chi connectivity index (χ0n) is 10.7. The van der Waals surface area contributed by atoms with Crippen LogP contribution in [0.15, 0.2) is 40.2 Å². The molecule has 1 unspecified atom stereocenters. The number of hydrogen-bond donors (Lipinski definition) is 1. The molecule has 0 spiro atoms. The number of benzene rings is 1. The van der Waals surface area contributed by atoms with Gasteiger partial charge in [0, 0.05) is 27.2 Å². The van der Waals surface area contributed by atoms with Crippen molar-refractivity contribution in [2.24, 2.45) is 0 Å². The van der Waals surface area contributed by atoms with Crippen molar-refractivity contribution in [3.8, 4) is 0 Å². The quantitative estimate of drug-likeness (QED) is 0.802. The number of rotatable bonds is 4. The Morgan fingerprint density at radius 3 is 2.55 bits per heavy atom. The second-order valence-electron chi connectivity index (χ2n) is 4.36. The van der Waals surface area contributed by atoms with E-state index in [1.807, 2.05) is 11.4 Å². The van der Waals surface area contributed by atoms with Crippen LogP contribution in [0.3, 0.4) is 0 Å². The fourth-order valence-electron chi connectivity index (χ4n) is 2.09. The number of hydrogen-bond acceptors (Lipinski definition) is 2. The van der Waals surface area contributed by atoms with Crippen molar-refractivity contribution in [1.82, 2.24) is 5.32 Å². The summed E-state index contributed by atoms with van der Waals surface area (Å²) in [4.78, 5) is 1.04. The second-order valence-corrected chi connectivity index (χ2v) is 6.27. The Labute approximate surface area is 128 Å². The predicted octanol–water partition coefficient (Wildman–Crippen LogP) is 5.03. The van der Waals surface area contributed by atoms with Crippen LogP contribution in [0.4, 0.5) is 13.2 Å². The highest BCUT2D eigenvalue weighted by atomic mass is 79.9. The van der Waals surface area contributed by atoms with E-state index in [-0.39, 0.29) is 11.6 Å². The number of thiophene rings is 1. The molecule has 0 bridgehead atoms. The van der Waals surface area contributed by atoms with Crippen molar-refractivity contribution in [3.63, 3.8) is 0 Å². The molecular formula is C14H13BrF3NS. The van der Waals surface area contributed by atoms with Gasteiger partial charge in [0.15, 0.2) is 0 Å². The van der Waals surface area contributed by atoms with Gasteiger partial charge in [0.05, 0.1) is 5.56 Å². The summed E-state index contributed by atoms with van der Waals surface area (Å²) in [5, 5.41) is 4.91. The van der Waals surface area contributed by atoms with Gasteiger partial charge < -0.3 is 5.32 Å². The van der Waals surface area contributed by atoms with Gasteiger partial charge in [-0.15, -0.1) is 11.3 Å². The molecule has 20 heavy (non-hydrogen) atoms. The Balaban J connectivity index is 2.32. The van der Waals surface area contributed by atoms with Crippen LogP contribution in [-0.4, -0.2) is 7.05 Å². The first-order chi connectivity index (χ1) is 9.41. The van der Waals surface area contributed by atoms with Crippen LogP contribution in [0, 0.1) is 0 Å². The van der Waals surface area contributed by atoms with Gasteiger partial charge in [-0.3, -0.25) is 0 Å². The Morgan fingerprint density at radius 2 is 2.00 bits per heavy atom. The lowest BCUT2D eigenvalue weighted by molar-refractivity contribution is -0.138. The van der Waals surface area contributed by atoms with Crippen molar-refractivity contribution in [2.75, 3.05) is 7.05 Å². The molecule has 0 amide bonds. The zero-order chi connectivity index (χ0) is 14.8. The molecule has 2 rings (SSSR count). The van der Waals surface area contributed by atoms with Crippen LogP contribution in [0.25, 0.3) is 0 Å². The summed E-state index contributed by atoms with van der Waals surface area (Å²) >= 11 is 4.89. The fourth-order valence-corrected chi connectivity index (χ4v) is 3.59. The number of halogens is 4. The highest BCUT2D eigenvalue weighted by molar-refractivity contribution is 9.10. The molecule has 0 aliphatic carbocycles. The maximum absolute atomic E-state index is 13.1. The lowest BCUT2D eigenvalue weighted by Gasteiger charge is -2.20. The lowest BCUT2D eigenvalue weighted by Crippen LogP contribution is -2.22. The third-order valence-electron chi connectivity index (χ3n) is 3.02. The second kappa shape index (κ2) is 6.28. The Bertz CT molecular complexity index is 580. The zero-order valence-corrected chi connectivity index (χ0v) is 13.1. The summed E-state index contributed by atoms with van der Waals surface area (Å²) in [5.74, 6) is 0. The van der Waals surface area contributed by atoms with Crippen molar-refractivity contribution in [2.45, 2.75) is 18.6 Å². The molecule has 0 saturated carbocycles. The molecule has 1 heterocycles. The first-order valence-corrected chi connectivity index (χ1v) is 7.65. The van der Waals surface area contributed by atoms with E-state index in [4.69, 9.17) is 0 Å². The van der Waals surface area contributed by atoms with E-state index in [1.54, 1.807) is 13.1 Å². The van der Waals surface area contributed by atoms with Crippen LogP contribution in [0.5, 0.6) is 0 Å². The van der Waals surface area contributed by atoms with Gasteiger partial charge in [0.2, 0.25) is 0 Å². The molecule has 1 nitrogen and oxygen atoms in total. The highest BCUT2D eigenvalue weighted by Crippen LogP contribution is 2.36. The third kappa shape index (κ3) is 3.62. The largest absolute Gasteiger partial charge is 0.416 e. The van der Waals surface area contributed by atoms with Crippen molar-refractivity contribution < 1.29 is 13.2 Å². The van der Waals surface area contributed by atoms with Crippen molar-refractivity contribution in [3.05, 3.63) is 56.2 Å². The van der Waals surface area contributed by atoms with Crippen LogP contribution in [0.1, 0.15) is 22.0 Å². The van der Waals surface area contributed by atoms with E-state index >= 15 is 0 Å². The van der Waals surface area contributed by atoms with Gasteiger partial charge >= 0.3 is 6.18 Å². The molecule has 0 radical (unpaired) electrons. The minimum Gasteiger partial charge on any atom is -0.313 e. The smallest absolute Gasteiger partial charge is 0.313 e. The molecule has 0 saturated heterocycles. The van der Waals surface area contributed by atoms with Crippen molar-refractivity contribution >= 4 is 27.3 Å². The maximum atomic E-state index is 13.1. The minimum absolute atomic E-state index is 0.284. The maximum Gasteiger partial charge on any atom is 0.416 e. The Morgan fingerprint density at radius 1 is 1.30 bits per heavy atom. The van der Waals surface area contributed by atoms with Gasteiger partial charge in [-0.1, -0.05) is 18.2 Å². The highest BCUT2D eigenvalue weighted by Gasteiger charge is 2.34. The Kier molecular flexibility index (Phi) is 4.88. The first-order valence-electron chi connectivity index (χ1n) is 5.98. The van der Waals surface area contributed by atoms with E-state index in [9.17, 15) is 13.2 Å². The van der Waals surface area contributed by atoms with E-state index in [2.05, 4.69) is 21.2 Å². The molecule has 1 aromatic carbocycles. The van der Waals surface area contributed by atoms with Crippen LogP contribution in [-0.2, 0) is 12.6 Å². The van der Waals surface area contributed by atoms with E-state index in [1.165, 1.54) is 23.5 Å². The summed E-state index contributed by atoms with van der Waals surface area (Å²) in [5.41, 5.74) is -0.290. The normalized spacial score (nSPS) is 13.4. The monoisotopic (exact) mass is 363 g/mol. The van der Waals surface area contributed by atoms with E-state index in [0.717, 1.165) is 15.4 Å². The predicted molar refractivity (Wildman–Crippen MR) is 79.0 cm³/mol. The van der Waals surface area contributed by atoms with Gasteiger partial charge in [0.1, 0.15) is 0 Å². The molecule has 108 valence electrons.